The van der Waals surface area contributed by atoms with Gasteiger partial charge in [0, 0.05) is 12.1 Å². The summed E-state index contributed by atoms with van der Waals surface area (Å²) < 4.78 is 5.10. The van der Waals surface area contributed by atoms with Gasteiger partial charge in [0.1, 0.15) is 12.3 Å². The molecule has 1 N–H and O–H groups in total. The fourth-order valence-electron chi connectivity index (χ4n) is 1.93. The Morgan fingerprint density at radius 1 is 1.45 bits per heavy atom. The molecular weight excluding hydrogens is 258 g/mol. The Balaban J connectivity index is 2.04. The monoisotopic (exact) mass is 275 g/mol. The zero-order valence-electron chi connectivity index (χ0n) is 11.3. The molecule has 0 heterocycles. The zero-order chi connectivity index (χ0) is 14.5. The molecule has 0 atom stereocenters. The molecule has 0 spiro atoms. The van der Waals surface area contributed by atoms with Gasteiger partial charge in [0.25, 0.3) is 0 Å². The molecule has 0 saturated heterocycles. The minimum atomic E-state index is -0.986. The van der Waals surface area contributed by atoms with Gasteiger partial charge in [-0.05, 0) is 36.6 Å². The highest BCUT2D eigenvalue weighted by Gasteiger charge is 2.32. The van der Waals surface area contributed by atoms with Crippen LogP contribution < -0.4 is 4.74 Å². The molecule has 1 saturated carbocycles. The normalized spacial score (nSPS) is 14.2. The highest BCUT2D eigenvalue weighted by Crippen LogP contribution is 2.27. The molecule has 0 bridgehead atoms. The maximum absolute atomic E-state index is 12.0. The number of amides is 1. The molecular formula is C15H17NO4. The molecule has 1 amide bonds. The molecule has 1 aromatic carbocycles. The molecule has 106 valence electrons. The van der Waals surface area contributed by atoms with Crippen LogP contribution in [0, 0.1) is 0 Å². The van der Waals surface area contributed by atoms with Crippen LogP contribution in [0.4, 0.5) is 0 Å². The number of benzene rings is 1. The van der Waals surface area contributed by atoms with Crippen molar-refractivity contribution in [2.45, 2.75) is 18.9 Å². The predicted octanol–water partition coefficient (Wildman–Crippen LogP) is 1.78. The summed E-state index contributed by atoms with van der Waals surface area (Å²) in [4.78, 5) is 24.2. The second-order valence-corrected chi connectivity index (χ2v) is 4.70. The van der Waals surface area contributed by atoms with E-state index >= 15 is 0 Å². The number of ether oxygens (including phenoxy) is 1. The second kappa shape index (κ2) is 6.23. The SMILES string of the molecule is COc1cccc(C=CC(=O)N(CC(=O)O)C2CC2)c1. The molecule has 5 nitrogen and oxygen atoms in total. The second-order valence-electron chi connectivity index (χ2n) is 4.70. The van der Waals surface area contributed by atoms with Crippen molar-refractivity contribution in [3.8, 4) is 5.75 Å². The number of hydrogen-bond acceptors (Lipinski definition) is 3. The van der Waals surface area contributed by atoms with Crippen LogP contribution in [0.1, 0.15) is 18.4 Å². The first-order chi connectivity index (χ1) is 9.60. The Bertz CT molecular complexity index is 534. The van der Waals surface area contributed by atoms with E-state index in [4.69, 9.17) is 9.84 Å². The Kier molecular flexibility index (Phi) is 4.40. The van der Waals surface area contributed by atoms with Crippen molar-refractivity contribution in [1.29, 1.82) is 0 Å². The van der Waals surface area contributed by atoms with E-state index in [1.54, 1.807) is 13.2 Å². The Labute approximate surface area is 117 Å². The molecule has 0 aliphatic heterocycles. The van der Waals surface area contributed by atoms with E-state index < -0.39 is 5.97 Å². The summed E-state index contributed by atoms with van der Waals surface area (Å²) in [6.07, 6.45) is 4.84. The summed E-state index contributed by atoms with van der Waals surface area (Å²) in [6.45, 7) is -0.244. The summed E-state index contributed by atoms with van der Waals surface area (Å²) in [7, 11) is 1.58. The van der Waals surface area contributed by atoms with Gasteiger partial charge in [-0.15, -0.1) is 0 Å². The third kappa shape index (κ3) is 3.85. The molecule has 1 aromatic rings. The van der Waals surface area contributed by atoms with Crippen LogP contribution in [-0.4, -0.2) is 41.6 Å². The van der Waals surface area contributed by atoms with Crippen LogP contribution in [-0.2, 0) is 9.59 Å². The molecule has 1 aliphatic carbocycles. The third-order valence-electron chi connectivity index (χ3n) is 3.09. The van der Waals surface area contributed by atoms with Crippen LogP contribution >= 0.6 is 0 Å². The van der Waals surface area contributed by atoms with Crippen LogP contribution in [0.3, 0.4) is 0 Å². The van der Waals surface area contributed by atoms with Gasteiger partial charge in [-0.25, -0.2) is 0 Å². The summed E-state index contributed by atoms with van der Waals surface area (Å²) in [6, 6.07) is 7.39. The fraction of sp³-hybridized carbons (Fsp3) is 0.333. The quantitative estimate of drug-likeness (QED) is 0.804. The predicted molar refractivity (Wildman–Crippen MR) is 74.4 cm³/mol. The van der Waals surface area contributed by atoms with E-state index in [1.165, 1.54) is 11.0 Å². The first-order valence-corrected chi connectivity index (χ1v) is 6.44. The lowest BCUT2D eigenvalue weighted by Crippen LogP contribution is -2.36. The minimum Gasteiger partial charge on any atom is -0.497 e. The number of carboxylic acid groups (broad SMARTS) is 1. The van der Waals surface area contributed by atoms with E-state index in [2.05, 4.69) is 0 Å². The topological polar surface area (TPSA) is 66.8 Å². The number of aliphatic carboxylic acids is 1. The fourth-order valence-corrected chi connectivity index (χ4v) is 1.93. The van der Waals surface area contributed by atoms with Crippen LogP contribution in [0.25, 0.3) is 6.08 Å². The van der Waals surface area contributed by atoms with Gasteiger partial charge in [0.2, 0.25) is 5.91 Å². The summed E-state index contributed by atoms with van der Waals surface area (Å²) >= 11 is 0. The number of methoxy groups -OCH3 is 1. The van der Waals surface area contributed by atoms with E-state index in [0.29, 0.717) is 5.75 Å². The maximum Gasteiger partial charge on any atom is 0.323 e. The number of carbonyl (C=O) groups excluding carboxylic acids is 1. The molecule has 1 aliphatic rings. The van der Waals surface area contributed by atoms with Crippen LogP contribution in [0.2, 0.25) is 0 Å². The standard InChI is InChI=1S/C15H17NO4/c1-20-13-4-2-3-11(9-13)5-8-14(17)16(10-15(18)19)12-6-7-12/h2-5,8-9,12H,6-7,10H2,1H3,(H,18,19). The highest BCUT2D eigenvalue weighted by atomic mass is 16.5. The Hall–Kier alpha value is -2.30. The van der Waals surface area contributed by atoms with E-state index in [9.17, 15) is 9.59 Å². The molecule has 0 unspecified atom stereocenters. The van der Waals surface area contributed by atoms with Crippen molar-refractivity contribution in [2.24, 2.45) is 0 Å². The molecule has 5 heteroatoms. The Morgan fingerprint density at radius 3 is 2.80 bits per heavy atom. The van der Waals surface area contributed by atoms with Crippen LogP contribution in [0.15, 0.2) is 30.3 Å². The van der Waals surface area contributed by atoms with Crippen molar-refractivity contribution in [3.05, 3.63) is 35.9 Å². The molecule has 20 heavy (non-hydrogen) atoms. The van der Waals surface area contributed by atoms with E-state index in [-0.39, 0.29) is 18.5 Å². The largest absolute Gasteiger partial charge is 0.497 e. The molecule has 2 rings (SSSR count). The lowest BCUT2D eigenvalue weighted by atomic mass is 10.2. The lowest BCUT2D eigenvalue weighted by Gasteiger charge is -2.17. The maximum atomic E-state index is 12.0. The summed E-state index contributed by atoms with van der Waals surface area (Å²) in [5.74, 6) is -0.540. The highest BCUT2D eigenvalue weighted by molar-refractivity contribution is 5.94. The first kappa shape index (κ1) is 14.1. The van der Waals surface area contributed by atoms with Gasteiger partial charge in [-0.2, -0.15) is 0 Å². The summed E-state index contributed by atoms with van der Waals surface area (Å²) in [5.41, 5.74) is 0.837. The van der Waals surface area contributed by atoms with Gasteiger partial charge in [-0.3, -0.25) is 9.59 Å². The molecule has 1 fully saturated rings. The average molecular weight is 275 g/mol. The van der Waals surface area contributed by atoms with Crippen LogP contribution in [0.5, 0.6) is 5.75 Å². The number of carboxylic acids is 1. The minimum absolute atomic E-state index is 0.0774. The number of nitrogens with zero attached hydrogens (tertiary/aromatic N) is 1. The number of carbonyl (C=O) groups is 2. The lowest BCUT2D eigenvalue weighted by molar-refractivity contribution is -0.143. The van der Waals surface area contributed by atoms with E-state index in [1.807, 2.05) is 24.3 Å². The Morgan fingerprint density at radius 2 is 2.20 bits per heavy atom. The number of hydrogen-bond donors (Lipinski definition) is 1. The zero-order valence-corrected chi connectivity index (χ0v) is 11.3. The van der Waals surface area contributed by atoms with Crippen molar-refractivity contribution in [1.82, 2.24) is 4.90 Å². The summed E-state index contributed by atoms with van der Waals surface area (Å²) in [5, 5.41) is 8.83. The average Bonchev–Trinajstić information content (AvgIpc) is 3.26. The van der Waals surface area contributed by atoms with Gasteiger partial charge in [0.05, 0.1) is 7.11 Å². The smallest absolute Gasteiger partial charge is 0.323 e. The van der Waals surface area contributed by atoms with E-state index in [0.717, 1.165) is 18.4 Å². The molecule has 0 aromatic heterocycles. The van der Waals surface area contributed by atoms with Crippen molar-refractivity contribution in [2.75, 3.05) is 13.7 Å². The van der Waals surface area contributed by atoms with Crippen molar-refractivity contribution < 1.29 is 19.4 Å². The van der Waals surface area contributed by atoms with Crippen molar-refractivity contribution >= 4 is 18.0 Å². The number of rotatable bonds is 6. The first-order valence-electron chi connectivity index (χ1n) is 6.44. The molecule has 0 radical (unpaired) electrons. The van der Waals surface area contributed by atoms with Gasteiger partial charge < -0.3 is 14.7 Å². The van der Waals surface area contributed by atoms with Gasteiger partial charge in [-0.1, -0.05) is 12.1 Å². The van der Waals surface area contributed by atoms with Gasteiger partial charge >= 0.3 is 5.97 Å². The van der Waals surface area contributed by atoms with Crippen molar-refractivity contribution in [3.63, 3.8) is 0 Å². The third-order valence-corrected chi connectivity index (χ3v) is 3.09. The van der Waals surface area contributed by atoms with Gasteiger partial charge in [0.15, 0.2) is 0 Å².